The maximum Gasteiger partial charge on any atom is 0.242 e. The van der Waals surface area contributed by atoms with Crippen LogP contribution in [0.5, 0.6) is 5.75 Å². The summed E-state index contributed by atoms with van der Waals surface area (Å²) in [6.45, 7) is 1.92. The molecule has 0 saturated carbocycles. The third kappa shape index (κ3) is 3.53. The normalized spacial score (nSPS) is 15.4. The predicted molar refractivity (Wildman–Crippen MR) is 98.6 cm³/mol. The molecule has 0 atom stereocenters. The summed E-state index contributed by atoms with van der Waals surface area (Å²) in [6, 6.07) is 20.1. The van der Waals surface area contributed by atoms with Gasteiger partial charge in [-0.1, -0.05) is 36.4 Å². The Morgan fingerprint density at radius 1 is 0.960 bits per heavy atom. The molecular formula is C21H22N2O2. The number of likely N-dealkylation sites (tertiary alicyclic amines) is 1. The van der Waals surface area contributed by atoms with Crippen molar-refractivity contribution in [1.82, 2.24) is 9.47 Å². The molecule has 2 heterocycles. The fourth-order valence-corrected chi connectivity index (χ4v) is 3.44. The molecule has 1 fully saturated rings. The maximum atomic E-state index is 12.6. The van der Waals surface area contributed by atoms with E-state index < -0.39 is 0 Å². The maximum absolute atomic E-state index is 12.6. The first-order valence-corrected chi connectivity index (χ1v) is 8.83. The number of rotatable bonds is 4. The quantitative estimate of drug-likeness (QED) is 0.729. The molecule has 2 aromatic carbocycles. The highest BCUT2D eigenvalue weighted by atomic mass is 16.5. The van der Waals surface area contributed by atoms with Crippen molar-refractivity contribution in [1.29, 1.82) is 0 Å². The van der Waals surface area contributed by atoms with Crippen molar-refractivity contribution < 1.29 is 9.53 Å². The van der Waals surface area contributed by atoms with E-state index in [-0.39, 0.29) is 12.0 Å². The number of fused-ring (bicyclic) bond motifs is 1. The van der Waals surface area contributed by atoms with E-state index in [4.69, 9.17) is 4.74 Å². The number of piperidine rings is 1. The third-order valence-corrected chi connectivity index (χ3v) is 4.83. The van der Waals surface area contributed by atoms with Crippen molar-refractivity contribution in [2.75, 3.05) is 13.1 Å². The molecule has 0 spiro atoms. The van der Waals surface area contributed by atoms with Gasteiger partial charge in [-0.2, -0.15) is 0 Å². The van der Waals surface area contributed by atoms with Gasteiger partial charge >= 0.3 is 0 Å². The lowest BCUT2D eigenvalue weighted by Crippen LogP contribution is -2.43. The summed E-state index contributed by atoms with van der Waals surface area (Å²) in [5.41, 5.74) is 1.11. The predicted octanol–water partition coefficient (Wildman–Crippen LogP) is 3.71. The molecule has 25 heavy (non-hydrogen) atoms. The summed E-state index contributed by atoms with van der Waals surface area (Å²) in [4.78, 5) is 14.6. The van der Waals surface area contributed by atoms with Crippen LogP contribution < -0.4 is 4.74 Å². The van der Waals surface area contributed by atoms with Crippen molar-refractivity contribution in [2.24, 2.45) is 0 Å². The Hall–Kier alpha value is -2.75. The van der Waals surface area contributed by atoms with E-state index in [1.54, 1.807) is 0 Å². The van der Waals surface area contributed by atoms with Gasteiger partial charge in [0.2, 0.25) is 5.91 Å². The summed E-state index contributed by atoms with van der Waals surface area (Å²) in [6.07, 6.45) is 3.95. The van der Waals surface area contributed by atoms with Gasteiger partial charge in [0.25, 0.3) is 0 Å². The van der Waals surface area contributed by atoms with E-state index in [2.05, 4.69) is 18.2 Å². The van der Waals surface area contributed by atoms with Gasteiger partial charge in [-0.25, -0.2) is 0 Å². The molecule has 0 N–H and O–H groups in total. The highest BCUT2D eigenvalue weighted by Crippen LogP contribution is 2.20. The lowest BCUT2D eigenvalue weighted by Gasteiger charge is -2.32. The van der Waals surface area contributed by atoms with Gasteiger partial charge in [-0.05, 0) is 29.7 Å². The number of aromatic nitrogens is 1. The fraction of sp³-hybridized carbons (Fsp3) is 0.286. The van der Waals surface area contributed by atoms with Crippen molar-refractivity contribution >= 4 is 16.8 Å². The molecular weight excluding hydrogens is 312 g/mol. The average Bonchev–Trinajstić information content (AvgIpc) is 3.06. The molecule has 1 amide bonds. The molecule has 4 heteroatoms. The third-order valence-electron chi connectivity index (χ3n) is 4.83. The molecule has 128 valence electrons. The molecule has 1 aliphatic rings. The molecule has 0 unspecified atom stereocenters. The zero-order valence-corrected chi connectivity index (χ0v) is 14.2. The van der Waals surface area contributed by atoms with Gasteiger partial charge in [0.15, 0.2) is 0 Å². The molecule has 3 aromatic rings. The minimum absolute atomic E-state index is 0.180. The zero-order valence-electron chi connectivity index (χ0n) is 14.2. The monoisotopic (exact) mass is 334 g/mol. The Kier molecular flexibility index (Phi) is 4.42. The summed E-state index contributed by atoms with van der Waals surface area (Å²) in [5.74, 6) is 1.09. The first kappa shape index (κ1) is 15.8. The van der Waals surface area contributed by atoms with Gasteiger partial charge < -0.3 is 14.2 Å². The number of benzene rings is 2. The van der Waals surface area contributed by atoms with Crippen LogP contribution >= 0.6 is 0 Å². The minimum Gasteiger partial charge on any atom is -0.490 e. The second-order valence-corrected chi connectivity index (χ2v) is 6.51. The van der Waals surface area contributed by atoms with Crippen LogP contribution in [0.3, 0.4) is 0 Å². The van der Waals surface area contributed by atoms with E-state index in [1.807, 2.05) is 58.1 Å². The van der Waals surface area contributed by atoms with Crippen LogP contribution in [0.2, 0.25) is 0 Å². The molecule has 4 rings (SSSR count). The Morgan fingerprint density at radius 3 is 2.48 bits per heavy atom. The van der Waals surface area contributed by atoms with Gasteiger partial charge in [0.1, 0.15) is 18.4 Å². The second-order valence-electron chi connectivity index (χ2n) is 6.51. The average molecular weight is 334 g/mol. The van der Waals surface area contributed by atoms with Crippen LogP contribution in [-0.4, -0.2) is 34.6 Å². The first-order valence-electron chi connectivity index (χ1n) is 8.83. The van der Waals surface area contributed by atoms with E-state index in [0.717, 1.165) is 37.2 Å². The highest BCUT2D eigenvalue weighted by Gasteiger charge is 2.24. The van der Waals surface area contributed by atoms with Gasteiger partial charge in [0, 0.05) is 37.6 Å². The van der Waals surface area contributed by atoms with Crippen LogP contribution in [0.25, 0.3) is 10.9 Å². The van der Waals surface area contributed by atoms with Crippen molar-refractivity contribution in [3.63, 3.8) is 0 Å². The van der Waals surface area contributed by atoms with E-state index in [0.29, 0.717) is 6.54 Å². The molecule has 1 aliphatic heterocycles. The highest BCUT2D eigenvalue weighted by molar-refractivity contribution is 5.83. The number of carbonyl (C=O) groups is 1. The van der Waals surface area contributed by atoms with Crippen LogP contribution in [0.1, 0.15) is 12.8 Å². The van der Waals surface area contributed by atoms with E-state index in [1.165, 1.54) is 5.39 Å². The number of nitrogens with zero attached hydrogens (tertiary/aromatic N) is 2. The number of amides is 1. The van der Waals surface area contributed by atoms with Crippen molar-refractivity contribution in [3.05, 3.63) is 66.9 Å². The largest absolute Gasteiger partial charge is 0.490 e. The van der Waals surface area contributed by atoms with Gasteiger partial charge in [0.05, 0.1) is 0 Å². The van der Waals surface area contributed by atoms with Gasteiger partial charge in [-0.3, -0.25) is 4.79 Å². The summed E-state index contributed by atoms with van der Waals surface area (Å²) >= 11 is 0. The van der Waals surface area contributed by atoms with Crippen molar-refractivity contribution in [3.8, 4) is 5.75 Å². The van der Waals surface area contributed by atoms with Crippen LogP contribution in [0, 0.1) is 0 Å². The lowest BCUT2D eigenvalue weighted by atomic mass is 10.1. The zero-order chi connectivity index (χ0) is 17.1. The topological polar surface area (TPSA) is 34.5 Å². The SMILES string of the molecule is O=C(Cn1ccc2ccccc21)N1CCC(Oc2ccccc2)CC1. The van der Waals surface area contributed by atoms with Gasteiger partial charge in [-0.15, -0.1) is 0 Å². The van der Waals surface area contributed by atoms with Crippen molar-refractivity contribution in [2.45, 2.75) is 25.5 Å². The molecule has 0 bridgehead atoms. The lowest BCUT2D eigenvalue weighted by molar-refractivity contribution is -0.133. The second kappa shape index (κ2) is 7.01. The molecule has 1 aromatic heterocycles. The number of hydrogen-bond donors (Lipinski definition) is 0. The standard InChI is InChI=1S/C21H22N2O2/c24-21(16-23-13-10-17-6-4-5-9-20(17)23)22-14-11-19(12-15-22)25-18-7-2-1-3-8-18/h1-10,13,19H,11-12,14-16H2. The van der Waals surface area contributed by atoms with Crippen LogP contribution in [0.4, 0.5) is 0 Å². The van der Waals surface area contributed by atoms with E-state index in [9.17, 15) is 4.79 Å². The summed E-state index contributed by atoms with van der Waals surface area (Å²) < 4.78 is 8.04. The molecule has 0 radical (unpaired) electrons. The fourth-order valence-electron chi connectivity index (χ4n) is 3.44. The number of hydrogen-bond acceptors (Lipinski definition) is 2. The summed E-state index contributed by atoms with van der Waals surface area (Å²) in [5, 5.41) is 1.17. The molecule has 1 saturated heterocycles. The Balaban J connectivity index is 1.33. The minimum atomic E-state index is 0.180. The smallest absolute Gasteiger partial charge is 0.242 e. The Morgan fingerprint density at radius 2 is 1.68 bits per heavy atom. The Labute approximate surface area is 147 Å². The first-order chi connectivity index (χ1) is 12.3. The van der Waals surface area contributed by atoms with Crippen LogP contribution in [0.15, 0.2) is 66.9 Å². The summed E-state index contributed by atoms with van der Waals surface area (Å²) in [7, 11) is 0. The van der Waals surface area contributed by atoms with E-state index >= 15 is 0 Å². The molecule has 4 nitrogen and oxygen atoms in total. The number of carbonyl (C=O) groups excluding carboxylic acids is 1. The number of para-hydroxylation sites is 2. The number of ether oxygens (including phenoxy) is 1. The Bertz CT molecular complexity index is 848. The molecule has 0 aliphatic carbocycles. The van der Waals surface area contributed by atoms with Crippen LogP contribution in [-0.2, 0) is 11.3 Å².